The van der Waals surface area contributed by atoms with Crippen molar-refractivity contribution in [1.29, 1.82) is 0 Å². The van der Waals surface area contributed by atoms with Crippen molar-refractivity contribution >= 4 is 23.1 Å². The molecule has 7 nitrogen and oxygen atoms in total. The number of anilines is 1. The van der Waals surface area contributed by atoms with Crippen molar-refractivity contribution in [3.63, 3.8) is 0 Å². The molecule has 38 heavy (non-hydrogen) atoms. The van der Waals surface area contributed by atoms with Gasteiger partial charge >= 0.3 is 0 Å². The first-order chi connectivity index (χ1) is 18.4. The molecule has 1 N–H and O–H groups in total. The second kappa shape index (κ2) is 10.6. The minimum atomic E-state index is -0.820. The first-order valence-electron chi connectivity index (χ1n) is 13.0. The summed E-state index contributed by atoms with van der Waals surface area (Å²) in [4.78, 5) is 28.4. The zero-order chi connectivity index (χ0) is 26.8. The summed E-state index contributed by atoms with van der Waals surface area (Å²) in [5.41, 5.74) is 3.64. The molecule has 1 saturated heterocycles. The molecule has 3 aromatic rings. The summed E-state index contributed by atoms with van der Waals surface area (Å²) in [5.74, 6) is 0.124. The van der Waals surface area contributed by atoms with Crippen LogP contribution in [0.3, 0.4) is 0 Å². The third-order valence-electron chi connectivity index (χ3n) is 6.86. The van der Waals surface area contributed by atoms with Crippen LogP contribution in [0.1, 0.15) is 48.6 Å². The number of aryl methyl sites for hydroxylation is 2. The van der Waals surface area contributed by atoms with Crippen LogP contribution in [0.4, 0.5) is 5.69 Å². The number of benzene rings is 3. The lowest BCUT2D eigenvalue weighted by Crippen LogP contribution is -2.29. The molecular formula is C31H31NO6. The van der Waals surface area contributed by atoms with E-state index in [0.29, 0.717) is 48.3 Å². The van der Waals surface area contributed by atoms with Gasteiger partial charge in [-0.05, 0) is 66.8 Å². The van der Waals surface area contributed by atoms with Crippen molar-refractivity contribution in [2.24, 2.45) is 0 Å². The average Bonchev–Trinajstić information content (AvgIpc) is 3.21. The van der Waals surface area contributed by atoms with Gasteiger partial charge in [-0.25, -0.2) is 0 Å². The highest BCUT2D eigenvalue weighted by Crippen LogP contribution is 2.44. The first kappa shape index (κ1) is 25.4. The van der Waals surface area contributed by atoms with Crippen LogP contribution in [0.25, 0.3) is 5.76 Å². The second-order valence-electron chi connectivity index (χ2n) is 9.42. The molecule has 1 unspecified atom stereocenters. The number of nitrogens with zero attached hydrogens (tertiary/aromatic N) is 1. The van der Waals surface area contributed by atoms with Crippen molar-refractivity contribution in [3.05, 3.63) is 88.5 Å². The number of hydrogen-bond donors (Lipinski definition) is 1. The number of hydrogen-bond acceptors (Lipinski definition) is 6. The normalized spacial score (nSPS) is 18.1. The Kier molecular flexibility index (Phi) is 7.09. The highest BCUT2D eigenvalue weighted by molar-refractivity contribution is 6.51. The maximum atomic E-state index is 13.5. The molecule has 0 aromatic heterocycles. The van der Waals surface area contributed by atoms with E-state index in [1.54, 1.807) is 36.4 Å². The Hall–Kier alpha value is -4.26. The number of carbonyl (C=O) groups is 2. The first-order valence-corrected chi connectivity index (χ1v) is 13.0. The standard InChI is InChI=1S/C31H31NO6/c1-4-14-36-24-12-10-22(17-19(24)3)29(33)27-28(21-8-6-20(5-2)7-9-21)32(31(35)30(27)34)23-11-13-25-26(18-23)38-16-15-37-25/h6-13,17-18,28,33H,4-5,14-16H2,1-3H3/b29-27+. The molecule has 2 aliphatic rings. The van der Waals surface area contributed by atoms with Crippen LogP contribution < -0.4 is 19.1 Å². The number of carbonyl (C=O) groups excluding carboxylic acids is 2. The van der Waals surface area contributed by atoms with Crippen LogP contribution in [0.15, 0.2) is 66.2 Å². The van der Waals surface area contributed by atoms with E-state index in [2.05, 4.69) is 6.92 Å². The fourth-order valence-electron chi connectivity index (χ4n) is 4.86. The van der Waals surface area contributed by atoms with E-state index in [9.17, 15) is 14.7 Å². The highest BCUT2D eigenvalue weighted by Gasteiger charge is 2.47. The molecule has 0 saturated carbocycles. The molecule has 1 fully saturated rings. The molecule has 1 atom stereocenters. The van der Waals surface area contributed by atoms with E-state index in [4.69, 9.17) is 14.2 Å². The van der Waals surface area contributed by atoms with Gasteiger partial charge in [-0.3, -0.25) is 14.5 Å². The largest absolute Gasteiger partial charge is 0.507 e. The van der Waals surface area contributed by atoms with Gasteiger partial charge in [-0.15, -0.1) is 0 Å². The number of fused-ring (bicyclic) bond motifs is 1. The Morgan fingerprint density at radius 3 is 2.39 bits per heavy atom. The SMILES string of the molecule is CCCOc1ccc(/C(O)=C2\C(=O)C(=O)N(c3ccc4c(c3)OCCO4)C2c2ccc(CC)cc2)cc1C. The van der Waals surface area contributed by atoms with E-state index >= 15 is 0 Å². The van der Waals surface area contributed by atoms with Crippen LogP contribution in [-0.2, 0) is 16.0 Å². The van der Waals surface area contributed by atoms with Crippen molar-refractivity contribution in [2.75, 3.05) is 24.7 Å². The molecule has 7 heteroatoms. The van der Waals surface area contributed by atoms with Gasteiger partial charge in [-0.2, -0.15) is 0 Å². The van der Waals surface area contributed by atoms with Crippen LogP contribution >= 0.6 is 0 Å². The molecule has 5 rings (SSSR count). The predicted octanol–water partition coefficient (Wildman–Crippen LogP) is 5.74. The lowest BCUT2D eigenvalue weighted by Gasteiger charge is -2.27. The van der Waals surface area contributed by atoms with Gasteiger partial charge in [0.2, 0.25) is 0 Å². The number of ether oxygens (including phenoxy) is 3. The summed E-state index contributed by atoms with van der Waals surface area (Å²) >= 11 is 0. The molecule has 0 radical (unpaired) electrons. The van der Waals surface area contributed by atoms with E-state index in [0.717, 1.165) is 29.5 Å². The Bertz CT molecular complexity index is 1410. The van der Waals surface area contributed by atoms with Crippen molar-refractivity contribution in [2.45, 2.75) is 39.7 Å². The predicted molar refractivity (Wildman–Crippen MR) is 145 cm³/mol. The van der Waals surface area contributed by atoms with Crippen molar-refractivity contribution in [1.82, 2.24) is 0 Å². The molecule has 2 heterocycles. The second-order valence-corrected chi connectivity index (χ2v) is 9.42. The van der Waals surface area contributed by atoms with Gasteiger partial charge < -0.3 is 19.3 Å². The van der Waals surface area contributed by atoms with Gasteiger partial charge in [0.05, 0.1) is 18.2 Å². The van der Waals surface area contributed by atoms with Gasteiger partial charge in [0, 0.05) is 17.3 Å². The topological polar surface area (TPSA) is 85.3 Å². The lowest BCUT2D eigenvalue weighted by molar-refractivity contribution is -0.132. The van der Waals surface area contributed by atoms with Crippen LogP contribution in [0.2, 0.25) is 0 Å². The van der Waals surface area contributed by atoms with Crippen molar-refractivity contribution in [3.8, 4) is 17.2 Å². The molecule has 0 aliphatic carbocycles. The van der Waals surface area contributed by atoms with Gasteiger partial charge in [0.25, 0.3) is 11.7 Å². The summed E-state index contributed by atoms with van der Waals surface area (Å²) in [7, 11) is 0. The summed E-state index contributed by atoms with van der Waals surface area (Å²) in [6.45, 7) is 7.41. The van der Waals surface area contributed by atoms with E-state index < -0.39 is 17.7 Å². The zero-order valence-corrected chi connectivity index (χ0v) is 21.8. The Labute approximate surface area is 222 Å². The summed E-state index contributed by atoms with van der Waals surface area (Å²) in [5, 5.41) is 11.5. The number of Topliss-reactive ketones (excluding diaryl/α,β-unsaturated/α-hetero) is 1. The summed E-state index contributed by atoms with van der Waals surface area (Å²) in [6.07, 6.45) is 1.73. The Morgan fingerprint density at radius 1 is 0.974 bits per heavy atom. The fourth-order valence-corrected chi connectivity index (χ4v) is 4.86. The molecule has 1 amide bonds. The van der Waals surface area contributed by atoms with Gasteiger partial charge in [0.15, 0.2) is 11.5 Å². The zero-order valence-electron chi connectivity index (χ0n) is 21.8. The minimum absolute atomic E-state index is 0.0377. The van der Waals surface area contributed by atoms with E-state index in [1.807, 2.05) is 38.1 Å². The lowest BCUT2D eigenvalue weighted by atomic mass is 9.94. The van der Waals surface area contributed by atoms with Gasteiger partial charge in [-0.1, -0.05) is 38.1 Å². The minimum Gasteiger partial charge on any atom is -0.507 e. The van der Waals surface area contributed by atoms with Crippen LogP contribution in [-0.4, -0.2) is 36.6 Å². The van der Waals surface area contributed by atoms with Gasteiger partial charge in [0.1, 0.15) is 24.7 Å². The molecule has 0 spiro atoms. The maximum absolute atomic E-state index is 13.5. The monoisotopic (exact) mass is 513 g/mol. The smallest absolute Gasteiger partial charge is 0.300 e. The average molecular weight is 514 g/mol. The molecular weight excluding hydrogens is 482 g/mol. The van der Waals surface area contributed by atoms with Crippen molar-refractivity contribution < 1.29 is 28.9 Å². The Morgan fingerprint density at radius 2 is 1.71 bits per heavy atom. The third kappa shape index (κ3) is 4.60. The molecule has 196 valence electrons. The number of rotatable bonds is 7. The third-order valence-corrected chi connectivity index (χ3v) is 6.86. The number of aliphatic hydroxyl groups is 1. The highest BCUT2D eigenvalue weighted by atomic mass is 16.6. The quantitative estimate of drug-likeness (QED) is 0.246. The molecule has 3 aromatic carbocycles. The number of ketones is 1. The Balaban J connectivity index is 1.64. The van der Waals surface area contributed by atoms with Crippen LogP contribution in [0, 0.1) is 6.92 Å². The number of aliphatic hydroxyl groups excluding tert-OH is 1. The molecule has 2 aliphatic heterocycles. The summed E-state index contributed by atoms with van der Waals surface area (Å²) < 4.78 is 17.1. The van der Waals surface area contributed by atoms with E-state index in [1.165, 1.54) is 4.90 Å². The van der Waals surface area contributed by atoms with Crippen LogP contribution in [0.5, 0.6) is 17.2 Å². The van der Waals surface area contributed by atoms with E-state index in [-0.39, 0.29) is 11.3 Å². The molecule has 0 bridgehead atoms. The fraction of sp³-hybridized carbons (Fsp3) is 0.290. The summed E-state index contributed by atoms with van der Waals surface area (Å²) in [6, 6.07) is 17.4. The maximum Gasteiger partial charge on any atom is 0.300 e. The number of amides is 1.